The zero-order chi connectivity index (χ0) is 10.3. The number of hydrogen-bond acceptors (Lipinski definition) is 1. The SMILES string of the molecule is O=C1NCc2cc(Br)ccc2C1(F)F. The van der Waals surface area contributed by atoms with Crippen molar-refractivity contribution in [1.82, 2.24) is 5.32 Å². The molecule has 0 aromatic heterocycles. The summed E-state index contributed by atoms with van der Waals surface area (Å²) in [6.45, 7) is 0.156. The number of nitrogens with one attached hydrogen (secondary N) is 1. The van der Waals surface area contributed by atoms with Gasteiger partial charge in [0.1, 0.15) is 0 Å². The average Bonchev–Trinajstić information content (AvgIpc) is 2.12. The van der Waals surface area contributed by atoms with Crippen molar-refractivity contribution < 1.29 is 13.6 Å². The summed E-state index contributed by atoms with van der Waals surface area (Å²) in [7, 11) is 0. The van der Waals surface area contributed by atoms with Crippen LogP contribution in [0.25, 0.3) is 0 Å². The van der Waals surface area contributed by atoms with Crippen LogP contribution in [-0.2, 0) is 17.3 Å². The highest BCUT2D eigenvalue weighted by molar-refractivity contribution is 9.10. The molecule has 1 aromatic carbocycles. The third kappa shape index (κ3) is 1.32. The number of carbonyl (C=O) groups is 1. The Morgan fingerprint density at radius 3 is 2.86 bits per heavy atom. The van der Waals surface area contributed by atoms with E-state index in [0.717, 1.165) is 4.47 Å². The van der Waals surface area contributed by atoms with E-state index in [9.17, 15) is 13.6 Å². The highest BCUT2D eigenvalue weighted by Crippen LogP contribution is 2.35. The first-order valence-electron chi connectivity index (χ1n) is 3.97. The van der Waals surface area contributed by atoms with Gasteiger partial charge in [-0.1, -0.05) is 22.0 Å². The Morgan fingerprint density at radius 2 is 2.14 bits per heavy atom. The Kier molecular flexibility index (Phi) is 2.06. The summed E-state index contributed by atoms with van der Waals surface area (Å²) in [5.41, 5.74) is 0.244. The lowest BCUT2D eigenvalue weighted by Gasteiger charge is -2.24. The Hall–Kier alpha value is -0.970. The third-order valence-corrected chi connectivity index (χ3v) is 2.62. The van der Waals surface area contributed by atoms with E-state index in [1.54, 1.807) is 6.07 Å². The first-order valence-corrected chi connectivity index (χ1v) is 4.76. The second-order valence-electron chi connectivity index (χ2n) is 3.06. The second kappa shape index (κ2) is 3.02. The highest BCUT2D eigenvalue weighted by atomic mass is 79.9. The molecule has 74 valence electrons. The van der Waals surface area contributed by atoms with Crippen LogP contribution >= 0.6 is 15.9 Å². The van der Waals surface area contributed by atoms with Crippen molar-refractivity contribution >= 4 is 21.8 Å². The molecule has 0 fully saturated rings. The van der Waals surface area contributed by atoms with Crippen molar-refractivity contribution in [3.05, 3.63) is 33.8 Å². The molecular weight excluding hydrogens is 256 g/mol. The normalized spacial score (nSPS) is 18.6. The van der Waals surface area contributed by atoms with E-state index in [-0.39, 0.29) is 12.1 Å². The van der Waals surface area contributed by atoms with Gasteiger partial charge in [-0.05, 0) is 17.7 Å². The summed E-state index contributed by atoms with van der Waals surface area (Å²) in [5, 5.41) is 2.15. The lowest BCUT2D eigenvalue weighted by atomic mass is 9.97. The lowest BCUT2D eigenvalue weighted by Crippen LogP contribution is -2.42. The standard InChI is InChI=1S/C9H6BrF2NO/c10-6-1-2-7-5(3-6)4-13-8(14)9(7,11)12/h1-3H,4H2,(H,13,14). The van der Waals surface area contributed by atoms with Gasteiger partial charge in [0.05, 0.1) is 0 Å². The zero-order valence-electron chi connectivity index (χ0n) is 6.98. The minimum atomic E-state index is -3.41. The van der Waals surface area contributed by atoms with Crippen molar-refractivity contribution in [3.63, 3.8) is 0 Å². The maximum atomic E-state index is 13.3. The molecule has 0 bridgehead atoms. The van der Waals surface area contributed by atoms with Gasteiger partial charge in [0.25, 0.3) is 5.91 Å². The molecule has 0 aliphatic carbocycles. The third-order valence-electron chi connectivity index (χ3n) is 2.13. The van der Waals surface area contributed by atoms with E-state index in [1.165, 1.54) is 12.1 Å². The molecule has 1 aliphatic heterocycles. The molecule has 1 N–H and O–H groups in total. The van der Waals surface area contributed by atoms with Crippen LogP contribution in [0, 0.1) is 0 Å². The molecule has 1 heterocycles. The number of alkyl halides is 2. The smallest absolute Gasteiger partial charge is 0.346 e. The molecule has 14 heavy (non-hydrogen) atoms. The molecule has 0 radical (unpaired) electrons. The van der Waals surface area contributed by atoms with E-state index >= 15 is 0 Å². The van der Waals surface area contributed by atoms with Crippen LogP contribution in [0.3, 0.4) is 0 Å². The monoisotopic (exact) mass is 261 g/mol. The Balaban J connectivity index is 2.59. The number of fused-ring (bicyclic) bond motifs is 1. The van der Waals surface area contributed by atoms with Crippen molar-refractivity contribution in [1.29, 1.82) is 0 Å². The molecule has 0 unspecified atom stereocenters. The Bertz CT molecular complexity index is 406. The number of amides is 1. The molecule has 0 saturated carbocycles. The molecule has 0 spiro atoms. The van der Waals surface area contributed by atoms with Gasteiger partial charge in [-0.25, -0.2) is 0 Å². The van der Waals surface area contributed by atoms with Crippen LogP contribution in [0.4, 0.5) is 8.78 Å². The molecule has 1 aromatic rings. The highest BCUT2D eigenvalue weighted by Gasteiger charge is 2.45. The summed E-state index contributed by atoms with van der Waals surface area (Å²) in [6.07, 6.45) is 0. The predicted molar refractivity (Wildman–Crippen MR) is 49.9 cm³/mol. The molecule has 2 rings (SSSR count). The van der Waals surface area contributed by atoms with Crippen LogP contribution in [-0.4, -0.2) is 5.91 Å². The largest absolute Gasteiger partial charge is 0.350 e. The fourth-order valence-corrected chi connectivity index (χ4v) is 1.83. The van der Waals surface area contributed by atoms with Crippen LogP contribution in [0.1, 0.15) is 11.1 Å². The number of benzene rings is 1. The van der Waals surface area contributed by atoms with E-state index in [4.69, 9.17) is 0 Å². The van der Waals surface area contributed by atoms with Crippen LogP contribution in [0.2, 0.25) is 0 Å². The molecule has 1 amide bonds. The van der Waals surface area contributed by atoms with Gasteiger partial charge >= 0.3 is 5.92 Å². The van der Waals surface area contributed by atoms with E-state index < -0.39 is 11.8 Å². The summed E-state index contributed by atoms with van der Waals surface area (Å²) in [4.78, 5) is 10.9. The van der Waals surface area contributed by atoms with Gasteiger partial charge in [-0.3, -0.25) is 4.79 Å². The summed E-state index contributed by atoms with van der Waals surface area (Å²) < 4.78 is 27.3. The number of halogens is 3. The zero-order valence-corrected chi connectivity index (χ0v) is 8.57. The minimum absolute atomic E-state index is 0.156. The summed E-state index contributed by atoms with van der Waals surface area (Å²) in [6, 6.07) is 4.37. The van der Waals surface area contributed by atoms with Crippen molar-refractivity contribution in [2.45, 2.75) is 12.5 Å². The van der Waals surface area contributed by atoms with Gasteiger partial charge < -0.3 is 5.32 Å². The second-order valence-corrected chi connectivity index (χ2v) is 3.97. The lowest BCUT2D eigenvalue weighted by molar-refractivity contribution is -0.148. The predicted octanol–water partition coefficient (Wildman–Crippen LogP) is 2.17. The number of carbonyl (C=O) groups excluding carboxylic acids is 1. The van der Waals surface area contributed by atoms with Crippen LogP contribution in [0.15, 0.2) is 22.7 Å². The molecule has 1 aliphatic rings. The van der Waals surface area contributed by atoms with Gasteiger partial charge in [-0.15, -0.1) is 0 Å². The molecule has 5 heteroatoms. The first-order chi connectivity index (χ1) is 6.51. The van der Waals surface area contributed by atoms with Crippen molar-refractivity contribution in [3.8, 4) is 0 Å². The molecule has 2 nitrogen and oxygen atoms in total. The van der Waals surface area contributed by atoms with E-state index in [2.05, 4.69) is 21.2 Å². The number of rotatable bonds is 0. The van der Waals surface area contributed by atoms with Crippen LogP contribution < -0.4 is 5.32 Å². The Morgan fingerprint density at radius 1 is 1.43 bits per heavy atom. The van der Waals surface area contributed by atoms with Gasteiger partial charge in [0, 0.05) is 16.6 Å². The van der Waals surface area contributed by atoms with E-state index in [1.807, 2.05) is 0 Å². The molecule has 0 saturated heterocycles. The van der Waals surface area contributed by atoms with Crippen molar-refractivity contribution in [2.24, 2.45) is 0 Å². The Labute approximate surface area is 87.4 Å². The topological polar surface area (TPSA) is 29.1 Å². The minimum Gasteiger partial charge on any atom is -0.346 e. The molecule has 0 atom stereocenters. The van der Waals surface area contributed by atoms with Crippen LogP contribution in [0.5, 0.6) is 0 Å². The average molecular weight is 262 g/mol. The quantitative estimate of drug-likeness (QED) is 0.762. The summed E-state index contributed by atoms with van der Waals surface area (Å²) >= 11 is 3.19. The van der Waals surface area contributed by atoms with E-state index in [0.29, 0.717) is 5.56 Å². The maximum absolute atomic E-state index is 13.3. The van der Waals surface area contributed by atoms with Gasteiger partial charge in [0.15, 0.2) is 0 Å². The fraction of sp³-hybridized carbons (Fsp3) is 0.222. The fourth-order valence-electron chi connectivity index (χ4n) is 1.42. The first kappa shape index (κ1) is 9.58. The molecular formula is C9H6BrF2NO. The van der Waals surface area contributed by atoms with Gasteiger partial charge in [0.2, 0.25) is 0 Å². The van der Waals surface area contributed by atoms with Gasteiger partial charge in [-0.2, -0.15) is 8.78 Å². The summed E-state index contributed by atoms with van der Waals surface area (Å²) in [5.74, 6) is -4.64. The maximum Gasteiger partial charge on any atom is 0.350 e. The number of hydrogen-bond donors (Lipinski definition) is 1. The van der Waals surface area contributed by atoms with Crippen molar-refractivity contribution in [2.75, 3.05) is 0 Å².